The van der Waals surface area contributed by atoms with Crippen molar-refractivity contribution in [3.05, 3.63) is 54.6 Å². The molecule has 12 heteroatoms. The van der Waals surface area contributed by atoms with Gasteiger partial charge in [-0.25, -0.2) is 0 Å². The number of fused-ring (bicyclic) bond motifs is 4. The van der Waals surface area contributed by atoms with Crippen molar-refractivity contribution in [2.45, 2.75) is 55.5 Å². The second-order valence-electron chi connectivity index (χ2n) is 13.1. The Labute approximate surface area is 276 Å². The van der Waals surface area contributed by atoms with Gasteiger partial charge in [0.05, 0.1) is 5.52 Å². The van der Waals surface area contributed by atoms with Crippen LogP contribution >= 0.6 is 11.8 Å². The Bertz CT molecular complexity index is 1920. The first-order valence-electron chi connectivity index (χ1n) is 16.3. The van der Waals surface area contributed by atoms with E-state index in [0.717, 1.165) is 70.8 Å². The zero-order valence-electron chi connectivity index (χ0n) is 26.2. The van der Waals surface area contributed by atoms with Crippen molar-refractivity contribution >= 4 is 56.2 Å². The predicted molar refractivity (Wildman–Crippen MR) is 184 cm³/mol. The molecule has 1 unspecified atom stereocenters. The number of piperazine rings is 1. The third-order valence-electron chi connectivity index (χ3n) is 10.1. The minimum atomic E-state index is -0.540. The molecule has 2 amide bonds. The number of thioether (sulfide) groups is 1. The van der Waals surface area contributed by atoms with Crippen molar-refractivity contribution in [1.29, 1.82) is 0 Å². The molecule has 4 aromatic rings. The summed E-state index contributed by atoms with van der Waals surface area (Å²) in [4.78, 5) is 46.0. The quantitative estimate of drug-likeness (QED) is 0.300. The zero-order chi connectivity index (χ0) is 32.2. The van der Waals surface area contributed by atoms with E-state index in [1.54, 1.807) is 12.1 Å². The molecule has 0 aliphatic carbocycles. The smallest absolute Gasteiger partial charge is 0.319 e. The molecule has 1 aromatic heterocycles. The number of aromatic hydroxyl groups is 1. The third-order valence-corrected chi connectivity index (χ3v) is 11.1. The topological polar surface area (TPSA) is 137 Å². The minimum Gasteiger partial charge on any atom is -0.508 e. The monoisotopic (exact) mass is 651 g/mol. The van der Waals surface area contributed by atoms with Gasteiger partial charge in [-0.2, -0.15) is 15.0 Å². The fourth-order valence-corrected chi connectivity index (χ4v) is 8.55. The van der Waals surface area contributed by atoms with E-state index < -0.39 is 5.25 Å². The lowest BCUT2D eigenvalue weighted by Crippen LogP contribution is -2.56. The highest BCUT2D eigenvalue weighted by molar-refractivity contribution is 8.15. The molecule has 242 valence electrons. The van der Waals surface area contributed by atoms with Crippen LogP contribution in [0.2, 0.25) is 0 Å². The largest absolute Gasteiger partial charge is 0.508 e. The highest BCUT2D eigenvalue weighted by Crippen LogP contribution is 2.39. The molecule has 4 aliphatic rings. The molecular formula is C35H37N7O4S. The Kier molecular flexibility index (Phi) is 7.64. The van der Waals surface area contributed by atoms with Gasteiger partial charge >= 0.3 is 6.01 Å². The first-order chi connectivity index (χ1) is 22.8. The van der Waals surface area contributed by atoms with E-state index in [1.165, 1.54) is 11.8 Å². The van der Waals surface area contributed by atoms with Crippen LogP contribution in [0.15, 0.2) is 59.6 Å². The molecule has 3 fully saturated rings. The van der Waals surface area contributed by atoms with Crippen LogP contribution in [0, 0.1) is 0 Å². The van der Waals surface area contributed by atoms with E-state index in [4.69, 9.17) is 20.4 Å². The number of aromatic nitrogens is 2. The number of amides is 2. The maximum absolute atomic E-state index is 13.5. The number of amidine groups is 1. The Morgan fingerprint density at radius 1 is 1.04 bits per heavy atom. The summed E-state index contributed by atoms with van der Waals surface area (Å²) in [6, 6.07) is 18.5. The molecule has 47 heavy (non-hydrogen) atoms. The number of likely N-dealkylation sites (N-methyl/N-ethyl adjacent to an activating group) is 1. The van der Waals surface area contributed by atoms with Gasteiger partial charge in [-0.15, -0.1) is 0 Å². The van der Waals surface area contributed by atoms with Crippen LogP contribution < -0.4 is 15.4 Å². The zero-order valence-corrected chi connectivity index (χ0v) is 27.0. The molecule has 4 atom stereocenters. The van der Waals surface area contributed by atoms with Crippen LogP contribution in [-0.2, 0) is 9.59 Å². The van der Waals surface area contributed by atoms with Crippen molar-refractivity contribution in [2.75, 3.05) is 38.2 Å². The Morgan fingerprint density at radius 3 is 2.60 bits per heavy atom. The number of anilines is 1. The molecule has 4 aliphatic heterocycles. The maximum Gasteiger partial charge on any atom is 0.319 e. The molecule has 11 nitrogen and oxygen atoms in total. The van der Waals surface area contributed by atoms with Crippen molar-refractivity contribution in [3.8, 4) is 22.9 Å². The van der Waals surface area contributed by atoms with Crippen molar-refractivity contribution < 1.29 is 19.4 Å². The van der Waals surface area contributed by atoms with Crippen LogP contribution in [0.4, 0.5) is 5.82 Å². The van der Waals surface area contributed by atoms with Gasteiger partial charge < -0.3 is 30.3 Å². The molecule has 0 spiro atoms. The summed E-state index contributed by atoms with van der Waals surface area (Å²) < 4.78 is 6.31. The van der Waals surface area contributed by atoms with Crippen LogP contribution in [-0.4, -0.2) is 98.5 Å². The summed E-state index contributed by atoms with van der Waals surface area (Å²) in [5, 5.41) is 13.2. The Hall–Kier alpha value is -4.42. The number of phenolic OH excluding ortho intramolecular Hbond substituents is 1. The number of phenols is 1. The summed E-state index contributed by atoms with van der Waals surface area (Å²) in [5.74, 6) is 0.660. The molecule has 3 N–H and O–H groups in total. The molecule has 0 radical (unpaired) electrons. The number of aliphatic imine (C=N–C) groups is 1. The molecule has 3 saturated heterocycles. The van der Waals surface area contributed by atoms with Crippen LogP contribution in [0.3, 0.4) is 0 Å². The van der Waals surface area contributed by atoms with Crippen molar-refractivity contribution in [1.82, 2.24) is 19.8 Å². The maximum atomic E-state index is 13.5. The number of likely N-dealkylation sites (tertiary alicyclic amines) is 1. The van der Waals surface area contributed by atoms with Gasteiger partial charge in [-0.05, 0) is 85.4 Å². The number of nitrogens with two attached hydrogens (primary N) is 1. The highest BCUT2D eigenvalue weighted by atomic mass is 32.2. The average molecular weight is 652 g/mol. The fourth-order valence-electron chi connectivity index (χ4n) is 7.74. The van der Waals surface area contributed by atoms with E-state index >= 15 is 0 Å². The van der Waals surface area contributed by atoms with Gasteiger partial charge in [0.1, 0.15) is 23.4 Å². The number of benzene rings is 3. The first-order valence-corrected chi connectivity index (χ1v) is 17.2. The number of carbonyl (C=O) groups excluding carboxylic acids is 2. The number of hydrogen-bond acceptors (Lipinski definition) is 10. The Balaban J connectivity index is 1.12. The lowest BCUT2D eigenvalue weighted by molar-refractivity contribution is -0.135. The molecule has 3 aromatic carbocycles. The summed E-state index contributed by atoms with van der Waals surface area (Å²) in [6.07, 6.45) is 4.13. The molecule has 5 heterocycles. The van der Waals surface area contributed by atoms with Crippen LogP contribution in [0.1, 0.15) is 32.1 Å². The van der Waals surface area contributed by atoms with Crippen LogP contribution in [0.5, 0.6) is 11.8 Å². The molecule has 2 bridgehead atoms. The van der Waals surface area contributed by atoms with Crippen LogP contribution in [0.25, 0.3) is 32.8 Å². The Morgan fingerprint density at radius 2 is 1.85 bits per heavy atom. The fraction of sp³-hybridized carbons (Fsp3) is 0.400. The number of rotatable bonds is 7. The minimum absolute atomic E-state index is 0.0143. The standard InChI is InChI=1S/C35H37N7O4S/c1-40-12-4-6-24(40)19-46-35-37-29-14-21(28-15-25(43)13-20-5-2-3-7-26(20)28)8-11-27(29)32(38-35)41-17-22-9-10-23(18-41)42(22)31(44)16-30-33(45)39-34(36)47-30/h2-3,5,7-8,11,13-15,22-24,30,43H,4,6,9-10,12,16-19H2,1H3,(H2,36,39,45)/t22-,23+,24-,30?/m0/s1. The highest BCUT2D eigenvalue weighted by Gasteiger charge is 2.44. The van der Waals surface area contributed by atoms with Gasteiger partial charge in [0.2, 0.25) is 5.91 Å². The number of carbonyl (C=O) groups is 2. The van der Waals surface area contributed by atoms with Crippen molar-refractivity contribution in [3.63, 3.8) is 0 Å². The number of nitrogens with zero attached hydrogens (tertiary/aromatic N) is 6. The predicted octanol–water partition coefficient (Wildman–Crippen LogP) is 4.16. The van der Waals surface area contributed by atoms with Gasteiger partial charge in [0.15, 0.2) is 5.17 Å². The summed E-state index contributed by atoms with van der Waals surface area (Å²) in [7, 11) is 2.12. The van der Waals surface area contributed by atoms with E-state index in [1.807, 2.05) is 23.1 Å². The van der Waals surface area contributed by atoms with Gasteiger partial charge in [-0.1, -0.05) is 42.1 Å². The SMILES string of the molecule is CN1CCC[C@H]1COc1nc(N2C[C@H]3CC[C@@H](C2)N3C(=O)CC2SC(N)=NC2=O)c2ccc(-c3cc(O)cc4ccccc34)cc2n1. The van der Waals surface area contributed by atoms with E-state index in [-0.39, 0.29) is 41.2 Å². The van der Waals surface area contributed by atoms with E-state index in [2.05, 4.69) is 46.1 Å². The number of ether oxygens (including phenoxy) is 1. The second-order valence-corrected chi connectivity index (χ2v) is 14.3. The molecule has 8 rings (SSSR count). The van der Waals surface area contributed by atoms with Crippen molar-refractivity contribution in [2.24, 2.45) is 10.7 Å². The summed E-state index contributed by atoms with van der Waals surface area (Å²) in [5.41, 5.74) is 8.36. The molecular weight excluding hydrogens is 614 g/mol. The lowest BCUT2D eigenvalue weighted by atomic mass is 9.97. The second kappa shape index (κ2) is 12.0. The average Bonchev–Trinajstić information content (AvgIpc) is 3.71. The first kappa shape index (κ1) is 29.9. The summed E-state index contributed by atoms with van der Waals surface area (Å²) in [6.45, 7) is 2.82. The summed E-state index contributed by atoms with van der Waals surface area (Å²) >= 11 is 1.18. The van der Waals surface area contributed by atoms with E-state index in [9.17, 15) is 14.7 Å². The van der Waals surface area contributed by atoms with Gasteiger partial charge in [0, 0.05) is 43.0 Å². The lowest BCUT2D eigenvalue weighted by Gasteiger charge is -2.42. The molecule has 0 saturated carbocycles. The number of hydrogen-bond donors (Lipinski definition) is 2. The van der Waals surface area contributed by atoms with Gasteiger partial charge in [0.25, 0.3) is 5.91 Å². The van der Waals surface area contributed by atoms with E-state index in [0.29, 0.717) is 31.7 Å². The van der Waals surface area contributed by atoms with Gasteiger partial charge in [-0.3, -0.25) is 9.59 Å². The third kappa shape index (κ3) is 5.63. The normalized spacial score (nSPS) is 24.4.